The van der Waals surface area contributed by atoms with Crippen LogP contribution in [-0.2, 0) is 11.3 Å². The SMILES string of the molecule is CC(C)(C)OC(=O)N1CCCN(c2ccc(CN)cc2Br)CC1. The quantitative estimate of drug-likeness (QED) is 0.850. The standard InChI is InChI=1S/C17H26BrN3O2/c1-17(2,3)23-16(22)21-8-4-7-20(9-10-21)15-6-5-13(12-19)11-14(15)18/h5-6,11H,4,7-10,12,19H2,1-3H3. The van der Waals surface area contributed by atoms with Crippen LogP contribution in [0, 0.1) is 0 Å². The number of nitrogens with two attached hydrogens (primary N) is 1. The topological polar surface area (TPSA) is 58.8 Å². The first-order valence-corrected chi connectivity index (χ1v) is 8.81. The zero-order valence-corrected chi connectivity index (χ0v) is 15.7. The van der Waals surface area contributed by atoms with Crippen LogP contribution in [0.4, 0.5) is 10.5 Å². The number of halogens is 1. The van der Waals surface area contributed by atoms with Crippen molar-refractivity contribution in [1.29, 1.82) is 0 Å². The first-order chi connectivity index (χ1) is 10.8. The molecule has 1 fully saturated rings. The second-order valence-electron chi connectivity index (χ2n) is 6.80. The number of anilines is 1. The minimum Gasteiger partial charge on any atom is -0.444 e. The molecule has 0 aliphatic carbocycles. The van der Waals surface area contributed by atoms with Gasteiger partial charge in [-0.3, -0.25) is 0 Å². The number of hydrogen-bond acceptors (Lipinski definition) is 4. The Morgan fingerprint density at radius 2 is 2.00 bits per heavy atom. The monoisotopic (exact) mass is 383 g/mol. The van der Waals surface area contributed by atoms with Gasteiger partial charge in [-0.2, -0.15) is 0 Å². The molecule has 2 N–H and O–H groups in total. The lowest BCUT2D eigenvalue weighted by molar-refractivity contribution is 0.0263. The van der Waals surface area contributed by atoms with E-state index in [0.29, 0.717) is 13.1 Å². The summed E-state index contributed by atoms with van der Waals surface area (Å²) >= 11 is 3.63. The van der Waals surface area contributed by atoms with Crippen molar-refractivity contribution in [2.75, 3.05) is 31.1 Å². The van der Waals surface area contributed by atoms with Gasteiger partial charge in [0.25, 0.3) is 0 Å². The van der Waals surface area contributed by atoms with Crippen LogP contribution >= 0.6 is 15.9 Å². The predicted molar refractivity (Wildman–Crippen MR) is 96.7 cm³/mol. The van der Waals surface area contributed by atoms with Crippen LogP contribution in [0.1, 0.15) is 32.8 Å². The third kappa shape index (κ3) is 5.11. The van der Waals surface area contributed by atoms with E-state index in [4.69, 9.17) is 10.5 Å². The molecule has 0 unspecified atom stereocenters. The van der Waals surface area contributed by atoms with E-state index in [0.717, 1.165) is 41.8 Å². The Labute approximate surface area is 146 Å². The van der Waals surface area contributed by atoms with Gasteiger partial charge < -0.3 is 20.3 Å². The minimum atomic E-state index is -0.454. The summed E-state index contributed by atoms with van der Waals surface area (Å²) in [6, 6.07) is 6.21. The van der Waals surface area contributed by atoms with Crippen molar-refractivity contribution in [2.24, 2.45) is 5.73 Å². The summed E-state index contributed by atoms with van der Waals surface area (Å²) in [5, 5.41) is 0. The molecular weight excluding hydrogens is 358 g/mol. The lowest BCUT2D eigenvalue weighted by Crippen LogP contribution is -2.39. The highest BCUT2D eigenvalue weighted by Gasteiger charge is 2.25. The molecule has 1 saturated heterocycles. The van der Waals surface area contributed by atoms with Crippen molar-refractivity contribution < 1.29 is 9.53 Å². The second kappa shape index (κ2) is 7.53. The largest absolute Gasteiger partial charge is 0.444 e. The Morgan fingerprint density at radius 3 is 2.61 bits per heavy atom. The van der Waals surface area contributed by atoms with E-state index in [1.165, 1.54) is 0 Å². The minimum absolute atomic E-state index is 0.225. The van der Waals surface area contributed by atoms with Crippen molar-refractivity contribution in [3.8, 4) is 0 Å². The van der Waals surface area contributed by atoms with Crippen molar-refractivity contribution in [1.82, 2.24) is 4.90 Å². The predicted octanol–water partition coefficient (Wildman–Crippen LogP) is 3.36. The molecule has 23 heavy (non-hydrogen) atoms. The zero-order valence-electron chi connectivity index (χ0n) is 14.1. The summed E-state index contributed by atoms with van der Waals surface area (Å²) in [4.78, 5) is 16.3. The first kappa shape index (κ1) is 18.1. The molecule has 1 aliphatic rings. The van der Waals surface area contributed by atoms with Gasteiger partial charge in [-0.05, 0) is 60.8 Å². The molecule has 2 rings (SSSR count). The molecule has 0 spiro atoms. The molecule has 1 heterocycles. The Balaban J connectivity index is 2.02. The van der Waals surface area contributed by atoms with Gasteiger partial charge >= 0.3 is 6.09 Å². The normalized spacial score (nSPS) is 16.2. The fourth-order valence-corrected chi connectivity index (χ4v) is 3.28. The molecule has 0 bridgehead atoms. The van der Waals surface area contributed by atoms with Crippen molar-refractivity contribution in [2.45, 2.75) is 39.3 Å². The van der Waals surface area contributed by atoms with Crippen LogP contribution in [0.15, 0.2) is 22.7 Å². The molecule has 1 aromatic rings. The highest BCUT2D eigenvalue weighted by molar-refractivity contribution is 9.10. The van der Waals surface area contributed by atoms with Gasteiger partial charge in [0.05, 0.1) is 5.69 Å². The maximum absolute atomic E-state index is 12.2. The summed E-state index contributed by atoms with van der Waals surface area (Å²) in [5.74, 6) is 0. The summed E-state index contributed by atoms with van der Waals surface area (Å²) in [6.07, 6.45) is 0.696. The fourth-order valence-electron chi connectivity index (χ4n) is 2.60. The van der Waals surface area contributed by atoms with Crippen LogP contribution in [0.25, 0.3) is 0 Å². The molecule has 1 amide bonds. The lowest BCUT2D eigenvalue weighted by Gasteiger charge is -2.27. The molecule has 6 heteroatoms. The number of amides is 1. The Morgan fingerprint density at radius 1 is 1.26 bits per heavy atom. The van der Waals surface area contributed by atoms with E-state index in [9.17, 15) is 4.79 Å². The van der Waals surface area contributed by atoms with E-state index in [2.05, 4.69) is 39.0 Å². The summed E-state index contributed by atoms with van der Waals surface area (Å²) in [7, 11) is 0. The molecule has 1 aromatic carbocycles. The number of hydrogen-bond donors (Lipinski definition) is 1. The van der Waals surface area contributed by atoms with Crippen LogP contribution in [0.3, 0.4) is 0 Å². The van der Waals surface area contributed by atoms with Gasteiger partial charge in [-0.25, -0.2) is 4.79 Å². The van der Waals surface area contributed by atoms with E-state index < -0.39 is 5.60 Å². The molecule has 0 radical (unpaired) electrons. The number of nitrogens with zero attached hydrogens (tertiary/aromatic N) is 2. The van der Waals surface area contributed by atoms with Gasteiger partial charge in [0.15, 0.2) is 0 Å². The summed E-state index contributed by atoms with van der Waals surface area (Å²) < 4.78 is 6.52. The van der Waals surface area contributed by atoms with Crippen LogP contribution in [-0.4, -0.2) is 42.8 Å². The van der Waals surface area contributed by atoms with E-state index in [1.54, 1.807) is 4.90 Å². The maximum atomic E-state index is 12.2. The molecular formula is C17H26BrN3O2. The number of benzene rings is 1. The van der Waals surface area contributed by atoms with Gasteiger partial charge in [0, 0.05) is 37.2 Å². The molecule has 1 aliphatic heterocycles. The smallest absolute Gasteiger partial charge is 0.410 e. The highest BCUT2D eigenvalue weighted by Crippen LogP contribution is 2.28. The highest BCUT2D eigenvalue weighted by atomic mass is 79.9. The summed E-state index contributed by atoms with van der Waals surface area (Å²) in [5.41, 5.74) is 7.48. The first-order valence-electron chi connectivity index (χ1n) is 8.01. The van der Waals surface area contributed by atoms with Crippen LogP contribution in [0.5, 0.6) is 0 Å². The second-order valence-corrected chi connectivity index (χ2v) is 7.65. The maximum Gasteiger partial charge on any atom is 0.410 e. The van der Waals surface area contributed by atoms with Crippen molar-refractivity contribution in [3.63, 3.8) is 0 Å². The van der Waals surface area contributed by atoms with E-state index in [-0.39, 0.29) is 6.09 Å². The molecule has 0 aromatic heterocycles. The van der Waals surface area contributed by atoms with Gasteiger partial charge in [-0.1, -0.05) is 6.07 Å². The van der Waals surface area contributed by atoms with Crippen LogP contribution < -0.4 is 10.6 Å². The van der Waals surface area contributed by atoms with Crippen LogP contribution in [0.2, 0.25) is 0 Å². The third-order valence-corrected chi connectivity index (χ3v) is 4.37. The van der Waals surface area contributed by atoms with Gasteiger partial charge in [0.1, 0.15) is 5.60 Å². The number of carbonyl (C=O) groups excluding carboxylic acids is 1. The van der Waals surface area contributed by atoms with E-state index >= 15 is 0 Å². The zero-order chi connectivity index (χ0) is 17.0. The number of carbonyl (C=O) groups is 1. The number of ether oxygens (including phenoxy) is 1. The Kier molecular flexibility index (Phi) is 5.92. The molecule has 128 valence electrons. The summed E-state index contributed by atoms with van der Waals surface area (Å²) in [6.45, 7) is 9.32. The lowest BCUT2D eigenvalue weighted by atomic mass is 10.2. The van der Waals surface area contributed by atoms with Crippen molar-refractivity contribution >= 4 is 27.7 Å². The fraction of sp³-hybridized carbons (Fsp3) is 0.588. The molecule has 0 saturated carbocycles. The van der Waals surface area contributed by atoms with Gasteiger partial charge in [0.2, 0.25) is 0 Å². The average Bonchev–Trinajstić information content (AvgIpc) is 2.71. The van der Waals surface area contributed by atoms with E-state index in [1.807, 2.05) is 20.8 Å². The Hall–Kier alpha value is -1.27. The number of rotatable bonds is 2. The van der Waals surface area contributed by atoms with Crippen molar-refractivity contribution in [3.05, 3.63) is 28.2 Å². The molecule has 5 nitrogen and oxygen atoms in total. The average molecular weight is 384 g/mol. The van der Waals surface area contributed by atoms with Gasteiger partial charge in [-0.15, -0.1) is 0 Å². The third-order valence-electron chi connectivity index (χ3n) is 3.74. The molecule has 0 atom stereocenters. The Bertz CT molecular complexity index is 557.